The van der Waals surface area contributed by atoms with Gasteiger partial charge in [-0.15, -0.1) is 11.3 Å². The van der Waals surface area contributed by atoms with Gasteiger partial charge in [0.25, 0.3) is 0 Å². The van der Waals surface area contributed by atoms with E-state index in [-0.39, 0.29) is 0 Å². The predicted molar refractivity (Wildman–Crippen MR) is 209 cm³/mol. The zero-order valence-electron chi connectivity index (χ0n) is 26.5. The molecule has 7 aromatic carbocycles. The number of rotatable bonds is 5. The first-order valence-corrected chi connectivity index (χ1v) is 17.4. The summed E-state index contributed by atoms with van der Waals surface area (Å²) in [6, 6.07) is 61.4. The molecular formula is C45H29N3S. The number of hydrogen-bond acceptors (Lipinski definition) is 3. The molecule has 230 valence electrons. The number of para-hydroxylation sites is 2. The highest BCUT2D eigenvalue weighted by Crippen LogP contribution is 2.45. The van der Waals surface area contributed by atoms with Gasteiger partial charge >= 0.3 is 0 Å². The Labute approximate surface area is 287 Å². The fourth-order valence-electron chi connectivity index (χ4n) is 7.37. The molecule has 3 nitrogen and oxygen atoms in total. The molecule has 0 bridgehead atoms. The van der Waals surface area contributed by atoms with Crippen molar-refractivity contribution in [1.82, 2.24) is 9.55 Å². The molecule has 0 N–H and O–H groups in total. The molecule has 0 aliphatic carbocycles. The van der Waals surface area contributed by atoms with Crippen molar-refractivity contribution in [1.29, 1.82) is 0 Å². The van der Waals surface area contributed by atoms with Crippen LogP contribution in [0.15, 0.2) is 176 Å². The van der Waals surface area contributed by atoms with Crippen molar-refractivity contribution in [3.05, 3.63) is 176 Å². The molecule has 0 atom stereocenters. The van der Waals surface area contributed by atoms with Crippen molar-refractivity contribution in [3.8, 4) is 16.8 Å². The zero-order valence-corrected chi connectivity index (χ0v) is 27.3. The lowest BCUT2D eigenvalue weighted by atomic mass is 10.0. The summed E-state index contributed by atoms with van der Waals surface area (Å²) < 4.78 is 4.83. The molecule has 0 fully saturated rings. The average Bonchev–Trinajstić information content (AvgIpc) is 3.71. The maximum atomic E-state index is 4.80. The Morgan fingerprint density at radius 1 is 0.490 bits per heavy atom. The molecular weight excluding hydrogens is 615 g/mol. The van der Waals surface area contributed by atoms with Crippen LogP contribution in [0.4, 0.5) is 17.1 Å². The summed E-state index contributed by atoms with van der Waals surface area (Å²) in [6.45, 7) is 0. The number of nitrogens with zero attached hydrogens (tertiary/aromatic N) is 3. The summed E-state index contributed by atoms with van der Waals surface area (Å²) in [5, 5.41) is 6.11. The number of fused-ring (bicyclic) bond motifs is 7. The standard InChI is InChI=1S/C45H29N3S/c1-2-12-34(13-3-1)48-39-15-7-6-14-37(39)44-40(16-8-17-41(44)48)47(36-25-26-42-38(29-36)45-43(49-42)18-9-27-46-45)35-23-21-31(22-24-35)33-20-19-30-10-4-5-11-32(30)28-33/h1-29H. The van der Waals surface area contributed by atoms with Crippen LogP contribution in [-0.4, -0.2) is 9.55 Å². The average molecular weight is 644 g/mol. The van der Waals surface area contributed by atoms with Gasteiger partial charge in [0, 0.05) is 44.1 Å². The molecule has 3 heterocycles. The highest BCUT2D eigenvalue weighted by molar-refractivity contribution is 7.25. The lowest BCUT2D eigenvalue weighted by molar-refractivity contribution is 1.18. The maximum absolute atomic E-state index is 4.80. The third kappa shape index (κ3) is 4.53. The lowest BCUT2D eigenvalue weighted by Gasteiger charge is -2.27. The van der Waals surface area contributed by atoms with Crippen LogP contribution >= 0.6 is 11.3 Å². The Kier molecular flexibility index (Phi) is 6.36. The Morgan fingerprint density at radius 3 is 2.14 bits per heavy atom. The van der Waals surface area contributed by atoms with Gasteiger partial charge in [0.2, 0.25) is 0 Å². The molecule has 3 aromatic heterocycles. The van der Waals surface area contributed by atoms with Gasteiger partial charge < -0.3 is 9.47 Å². The van der Waals surface area contributed by atoms with Crippen molar-refractivity contribution in [2.24, 2.45) is 0 Å². The fourth-order valence-corrected chi connectivity index (χ4v) is 8.41. The van der Waals surface area contributed by atoms with E-state index in [0.717, 1.165) is 28.3 Å². The van der Waals surface area contributed by atoms with E-state index in [2.05, 4.69) is 173 Å². The molecule has 0 saturated heterocycles. The number of hydrogen-bond donors (Lipinski definition) is 0. The van der Waals surface area contributed by atoms with Gasteiger partial charge in [-0.25, -0.2) is 0 Å². The monoisotopic (exact) mass is 643 g/mol. The second kappa shape index (κ2) is 11.2. The summed E-state index contributed by atoms with van der Waals surface area (Å²) in [6.07, 6.45) is 1.89. The number of anilines is 3. The first kappa shape index (κ1) is 27.8. The molecule has 0 spiro atoms. The normalized spacial score (nSPS) is 11.7. The molecule has 10 aromatic rings. The van der Waals surface area contributed by atoms with E-state index in [1.807, 2.05) is 12.3 Å². The molecule has 4 heteroatoms. The Bertz CT molecular complexity index is 2830. The van der Waals surface area contributed by atoms with E-state index in [4.69, 9.17) is 4.98 Å². The van der Waals surface area contributed by atoms with Crippen molar-refractivity contribution in [2.45, 2.75) is 0 Å². The second-order valence-electron chi connectivity index (χ2n) is 12.4. The molecule has 0 aliphatic heterocycles. The van der Waals surface area contributed by atoms with Gasteiger partial charge in [-0.05, 0) is 101 Å². The highest BCUT2D eigenvalue weighted by Gasteiger charge is 2.22. The SMILES string of the molecule is c1ccc(-n2c3ccccc3c3c(N(c4ccc(-c5ccc6ccccc6c5)cc4)c4ccc5sc6cccnc6c5c4)cccc32)cc1. The van der Waals surface area contributed by atoms with Crippen molar-refractivity contribution in [3.63, 3.8) is 0 Å². The number of aromatic nitrogens is 2. The van der Waals surface area contributed by atoms with E-state index in [1.54, 1.807) is 11.3 Å². The van der Waals surface area contributed by atoms with Gasteiger partial charge in [0.1, 0.15) is 0 Å². The van der Waals surface area contributed by atoms with E-state index in [9.17, 15) is 0 Å². The third-order valence-corrected chi connectivity index (χ3v) is 10.7. The predicted octanol–water partition coefficient (Wildman–Crippen LogP) is 12.8. The van der Waals surface area contributed by atoms with Crippen LogP contribution in [0.25, 0.3) is 69.7 Å². The van der Waals surface area contributed by atoms with Crippen LogP contribution < -0.4 is 4.90 Å². The van der Waals surface area contributed by atoms with Crippen molar-refractivity contribution in [2.75, 3.05) is 4.90 Å². The van der Waals surface area contributed by atoms with Crippen molar-refractivity contribution < 1.29 is 0 Å². The van der Waals surface area contributed by atoms with Gasteiger partial charge in [-0.2, -0.15) is 0 Å². The number of thiophene rings is 1. The Balaban J connectivity index is 1.21. The van der Waals surface area contributed by atoms with Gasteiger partial charge in [0.05, 0.1) is 26.9 Å². The summed E-state index contributed by atoms with van der Waals surface area (Å²) in [4.78, 5) is 7.22. The van der Waals surface area contributed by atoms with Crippen molar-refractivity contribution >= 4 is 81.3 Å². The summed E-state index contributed by atoms with van der Waals surface area (Å²) in [5.41, 5.74) is 10.3. The van der Waals surface area contributed by atoms with Crippen LogP contribution in [0.3, 0.4) is 0 Å². The first-order valence-electron chi connectivity index (χ1n) is 16.5. The third-order valence-electron chi connectivity index (χ3n) is 9.61. The minimum atomic E-state index is 1.05. The topological polar surface area (TPSA) is 21.1 Å². The highest BCUT2D eigenvalue weighted by atomic mass is 32.1. The van der Waals surface area contributed by atoms with Crippen LogP contribution in [0.2, 0.25) is 0 Å². The molecule has 10 rings (SSSR count). The molecule has 49 heavy (non-hydrogen) atoms. The van der Waals surface area contributed by atoms with Gasteiger partial charge in [0.15, 0.2) is 0 Å². The quantitative estimate of drug-likeness (QED) is 0.186. The fraction of sp³-hybridized carbons (Fsp3) is 0. The van der Waals surface area contributed by atoms with Gasteiger partial charge in [-0.1, -0.05) is 91.0 Å². The maximum Gasteiger partial charge on any atom is 0.0889 e. The largest absolute Gasteiger partial charge is 0.310 e. The molecule has 0 amide bonds. The minimum Gasteiger partial charge on any atom is -0.310 e. The van der Waals surface area contributed by atoms with Crippen LogP contribution in [0.1, 0.15) is 0 Å². The number of pyridine rings is 1. The summed E-state index contributed by atoms with van der Waals surface area (Å²) >= 11 is 1.79. The Hall–Kier alpha value is -6.23. The zero-order chi connectivity index (χ0) is 32.3. The van der Waals surface area contributed by atoms with Gasteiger partial charge in [-0.3, -0.25) is 4.98 Å². The molecule has 0 radical (unpaired) electrons. The molecule has 0 saturated carbocycles. The van der Waals surface area contributed by atoms with E-state index >= 15 is 0 Å². The Morgan fingerprint density at radius 2 is 1.24 bits per heavy atom. The van der Waals surface area contributed by atoms with E-state index < -0.39 is 0 Å². The summed E-state index contributed by atoms with van der Waals surface area (Å²) in [7, 11) is 0. The smallest absolute Gasteiger partial charge is 0.0889 e. The van der Waals surface area contributed by atoms with Crippen LogP contribution in [0.5, 0.6) is 0 Å². The second-order valence-corrected chi connectivity index (χ2v) is 13.5. The van der Waals surface area contributed by atoms with E-state index in [0.29, 0.717) is 0 Å². The van der Waals surface area contributed by atoms with E-state index in [1.165, 1.54) is 58.5 Å². The summed E-state index contributed by atoms with van der Waals surface area (Å²) in [5.74, 6) is 0. The molecule has 0 aliphatic rings. The van der Waals surface area contributed by atoms with Crippen LogP contribution in [-0.2, 0) is 0 Å². The number of benzene rings is 7. The molecule has 0 unspecified atom stereocenters. The van der Waals surface area contributed by atoms with Crippen LogP contribution in [0, 0.1) is 0 Å². The first-order chi connectivity index (χ1) is 24.3. The minimum absolute atomic E-state index is 1.05. The lowest BCUT2D eigenvalue weighted by Crippen LogP contribution is -2.10.